The van der Waals surface area contributed by atoms with E-state index in [1.54, 1.807) is 24.2 Å². The van der Waals surface area contributed by atoms with Gasteiger partial charge in [-0.25, -0.2) is 4.98 Å². The molecule has 1 aliphatic heterocycles. The SMILES string of the molecule is CSc1nccnc1CN(C)C1CCCNC1.Cl. The van der Waals surface area contributed by atoms with Crippen LogP contribution in [0.5, 0.6) is 0 Å². The molecule has 1 aromatic heterocycles. The lowest BCUT2D eigenvalue weighted by atomic mass is 10.1. The molecule has 1 N–H and O–H groups in total. The normalized spacial score (nSPS) is 19.6. The van der Waals surface area contributed by atoms with Crippen LogP contribution in [0.4, 0.5) is 0 Å². The molecule has 2 heterocycles. The highest BCUT2D eigenvalue weighted by Gasteiger charge is 2.19. The Bertz CT molecular complexity index is 358. The molecule has 18 heavy (non-hydrogen) atoms. The minimum atomic E-state index is 0. The maximum atomic E-state index is 4.44. The Kier molecular flexibility index (Phi) is 6.92. The Morgan fingerprint density at radius 2 is 2.22 bits per heavy atom. The van der Waals surface area contributed by atoms with Crippen LogP contribution in [0.1, 0.15) is 18.5 Å². The number of halogens is 1. The Hall–Kier alpha value is -0.360. The summed E-state index contributed by atoms with van der Waals surface area (Å²) in [5.41, 5.74) is 1.09. The van der Waals surface area contributed by atoms with Crippen molar-refractivity contribution in [2.45, 2.75) is 30.5 Å². The third-order valence-electron chi connectivity index (χ3n) is 3.22. The molecule has 0 spiro atoms. The highest BCUT2D eigenvalue weighted by molar-refractivity contribution is 7.98. The first-order valence-electron chi connectivity index (χ1n) is 6.06. The predicted molar refractivity (Wildman–Crippen MR) is 78.4 cm³/mol. The lowest BCUT2D eigenvalue weighted by Gasteiger charge is -2.31. The molecule has 1 aliphatic rings. The van der Waals surface area contributed by atoms with Gasteiger partial charge >= 0.3 is 0 Å². The van der Waals surface area contributed by atoms with Crippen LogP contribution >= 0.6 is 24.2 Å². The van der Waals surface area contributed by atoms with Gasteiger partial charge in [-0.2, -0.15) is 0 Å². The maximum absolute atomic E-state index is 4.44. The van der Waals surface area contributed by atoms with Crippen LogP contribution in [0.3, 0.4) is 0 Å². The number of rotatable bonds is 4. The van der Waals surface area contributed by atoms with Gasteiger partial charge in [0.2, 0.25) is 0 Å². The predicted octanol–water partition coefficient (Wildman–Crippen LogP) is 1.80. The lowest BCUT2D eigenvalue weighted by Crippen LogP contribution is -2.43. The van der Waals surface area contributed by atoms with Crippen LogP contribution in [0.15, 0.2) is 17.4 Å². The van der Waals surface area contributed by atoms with Crippen molar-refractivity contribution < 1.29 is 0 Å². The van der Waals surface area contributed by atoms with Crippen molar-refractivity contribution in [1.82, 2.24) is 20.2 Å². The molecule has 0 amide bonds. The van der Waals surface area contributed by atoms with E-state index in [9.17, 15) is 0 Å². The Balaban J connectivity index is 0.00000162. The van der Waals surface area contributed by atoms with Crippen molar-refractivity contribution in [2.24, 2.45) is 0 Å². The smallest absolute Gasteiger partial charge is 0.119 e. The Morgan fingerprint density at radius 3 is 2.89 bits per heavy atom. The molecule has 0 saturated carbocycles. The lowest BCUT2D eigenvalue weighted by molar-refractivity contribution is 0.192. The van der Waals surface area contributed by atoms with E-state index < -0.39 is 0 Å². The minimum Gasteiger partial charge on any atom is -0.315 e. The fourth-order valence-electron chi connectivity index (χ4n) is 2.21. The van der Waals surface area contributed by atoms with Gasteiger partial charge in [-0.15, -0.1) is 24.2 Å². The summed E-state index contributed by atoms with van der Waals surface area (Å²) in [6.45, 7) is 3.13. The van der Waals surface area contributed by atoms with Gasteiger partial charge < -0.3 is 5.32 Å². The van der Waals surface area contributed by atoms with E-state index in [0.717, 1.165) is 30.4 Å². The van der Waals surface area contributed by atoms with Crippen molar-refractivity contribution in [3.05, 3.63) is 18.1 Å². The highest BCUT2D eigenvalue weighted by atomic mass is 35.5. The molecule has 2 rings (SSSR count). The van der Waals surface area contributed by atoms with E-state index >= 15 is 0 Å². The van der Waals surface area contributed by atoms with Crippen molar-refractivity contribution in [3.63, 3.8) is 0 Å². The molecule has 1 fully saturated rings. The van der Waals surface area contributed by atoms with Gasteiger partial charge in [0.15, 0.2) is 0 Å². The fraction of sp³-hybridized carbons (Fsp3) is 0.667. The average Bonchev–Trinajstić information content (AvgIpc) is 2.40. The number of hydrogen-bond donors (Lipinski definition) is 1. The summed E-state index contributed by atoms with van der Waals surface area (Å²) >= 11 is 1.67. The Labute approximate surface area is 119 Å². The molecule has 4 nitrogen and oxygen atoms in total. The molecule has 0 bridgehead atoms. The molecular weight excluding hydrogens is 268 g/mol. The Morgan fingerprint density at radius 1 is 1.44 bits per heavy atom. The topological polar surface area (TPSA) is 41.1 Å². The van der Waals surface area contributed by atoms with Crippen LogP contribution in [-0.4, -0.2) is 47.3 Å². The minimum absolute atomic E-state index is 0. The molecule has 102 valence electrons. The van der Waals surface area contributed by atoms with Crippen LogP contribution in [0.25, 0.3) is 0 Å². The molecule has 1 atom stereocenters. The second-order valence-corrected chi connectivity index (χ2v) is 5.22. The number of thioether (sulfide) groups is 1. The van der Waals surface area contributed by atoms with E-state index in [0.29, 0.717) is 6.04 Å². The number of likely N-dealkylation sites (N-methyl/N-ethyl adjacent to an activating group) is 1. The van der Waals surface area contributed by atoms with Crippen molar-refractivity contribution in [3.8, 4) is 0 Å². The third kappa shape index (κ3) is 4.09. The second-order valence-electron chi connectivity index (χ2n) is 4.43. The van der Waals surface area contributed by atoms with Crippen LogP contribution < -0.4 is 5.32 Å². The fourth-order valence-corrected chi connectivity index (χ4v) is 2.73. The van der Waals surface area contributed by atoms with Gasteiger partial charge in [-0.05, 0) is 32.7 Å². The first-order valence-corrected chi connectivity index (χ1v) is 7.28. The molecule has 1 unspecified atom stereocenters. The number of aromatic nitrogens is 2. The summed E-state index contributed by atoms with van der Waals surface area (Å²) in [5.74, 6) is 0. The number of nitrogens with zero attached hydrogens (tertiary/aromatic N) is 3. The van der Waals surface area contributed by atoms with Gasteiger partial charge in [0.05, 0.1) is 5.69 Å². The first-order chi connectivity index (χ1) is 8.31. The van der Waals surface area contributed by atoms with Crippen molar-refractivity contribution in [2.75, 3.05) is 26.4 Å². The summed E-state index contributed by atoms with van der Waals surface area (Å²) in [6.07, 6.45) is 8.14. The molecule has 1 saturated heterocycles. The van der Waals surface area contributed by atoms with Gasteiger partial charge in [0, 0.05) is 31.5 Å². The van der Waals surface area contributed by atoms with E-state index in [1.807, 2.05) is 0 Å². The van der Waals surface area contributed by atoms with E-state index in [1.165, 1.54) is 12.8 Å². The standard InChI is InChI=1S/C12H20N4S.ClH/c1-16(10-4-3-5-13-8-10)9-11-12(17-2)15-7-6-14-11;/h6-7,10,13H,3-5,8-9H2,1-2H3;1H. The largest absolute Gasteiger partial charge is 0.315 e. The summed E-state index contributed by atoms with van der Waals surface area (Å²) in [7, 11) is 2.18. The zero-order valence-corrected chi connectivity index (χ0v) is 12.6. The van der Waals surface area contributed by atoms with E-state index in [2.05, 4.69) is 33.5 Å². The number of piperidine rings is 1. The van der Waals surface area contributed by atoms with Gasteiger partial charge in [-0.3, -0.25) is 9.88 Å². The summed E-state index contributed by atoms with van der Waals surface area (Å²) in [4.78, 5) is 11.2. The summed E-state index contributed by atoms with van der Waals surface area (Å²) in [6, 6.07) is 0.625. The number of hydrogen-bond acceptors (Lipinski definition) is 5. The summed E-state index contributed by atoms with van der Waals surface area (Å²) in [5, 5.41) is 4.49. The summed E-state index contributed by atoms with van der Waals surface area (Å²) < 4.78 is 0. The maximum Gasteiger partial charge on any atom is 0.119 e. The van der Waals surface area contributed by atoms with Crippen LogP contribution in [0.2, 0.25) is 0 Å². The van der Waals surface area contributed by atoms with Crippen molar-refractivity contribution in [1.29, 1.82) is 0 Å². The highest BCUT2D eigenvalue weighted by Crippen LogP contribution is 2.18. The monoisotopic (exact) mass is 288 g/mol. The van der Waals surface area contributed by atoms with Crippen LogP contribution in [-0.2, 0) is 6.54 Å². The molecule has 0 aromatic carbocycles. The van der Waals surface area contributed by atoms with Gasteiger partial charge in [-0.1, -0.05) is 0 Å². The molecular formula is C12H21ClN4S. The molecule has 6 heteroatoms. The zero-order valence-electron chi connectivity index (χ0n) is 10.9. The van der Waals surface area contributed by atoms with Gasteiger partial charge in [0.1, 0.15) is 5.03 Å². The number of nitrogens with one attached hydrogen (secondary N) is 1. The second kappa shape index (κ2) is 7.94. The molecule has 0 radical (unpaired) electrons. The molecule has 0 aliphatic carbocycles. The quantitative estimate of drug-likeness (QED) is 0.856. The van der Waals surface area contributed by atoms with Crippen LogP contribution in [0, 0.1) is 0 Å². The van der Waals surface area contributed by atoms with Gasteiger partial charge in [0.25, 0.3) is 0 Å². The van der Waals surface area contributed by atoms with Crippen molar-refractivity contribution >= 4 is 24.2 Å². The van der Waals surface area contributed by atoms with E-state index in [-0.39, 0.29) is 12.4 Å². The molecule has 1 aromatic rings. The van der Waals surface area contributed by atoms with E-state index in [4.69, 9.17) is 0 Å². The third-order valence-corrected chi connectivity index (χ3v) is 3.95. The first kappa shape index (κ1) is 15.7. The zero-order chi connectivity index (χ0) is 12.1. The average molecular weight is 289 g/mol.